The summed E-state index contributed by atoms with van der Waals surface area (Å²) in [6.45, 7) is 4.38. The van der Waals surface area contributed by atoms with Gasteiger partial charge in [-0.3, -0.25) is 14.5 Å². The molecule has 0 unspecified atom stereocenters. The molecule has 0 aliphatic carbocycles. The monoisotopic (exact) mass is 273 g/mol. The van der Waals surface area contributed by atoms with Gasteiger partial charge in [0.2, 0.25) is 0 Å². The first-order chi connectivity index (χ1) is 7.91. The van der Waals surface area contributed by atoms with Crippen LogP contribution in [0.25, 0.3) is 0 Å². The molecule has 0 spiro atoms. The fraction of sp³-hybridized carbons (Fsp3) is 0.545. The quantitative estimate of drug-likeness (QED) is 0.615. The maximum atomic E-state index is 11.9. The van der Waals surface area contributed by atoms with E-state index in [0.29, 0.717) is 28.1 Å². The fourth-order valence-electron chi connectivity index (χ4n) is 1.40. The number of hydrogen-bond donors (Lipinski definition) is 1. The molecule has 0 radical (unpaired) electrons. The number of aliphatic carboxylic acids is 1. The van der Waals surface area contributed by atoms with Gasteiger partial charge in [0.1, 0.15) is 4.32 Å². The Labute approximate surface area is 110 Å². The van der Waals surface area contributed by atoms with Gasteiger partial charge >= 0.3 is 5.97 Å². The zero-order valence-corrected chi connectivity index (χ0v) is 11.4. The van der Waals surface area contributed by atoms with Gasteiger partial charge in [-0.1, -0.05) is 43.9 Å². The summed E-state index contributed by atoms with van der Waals surface area (Å²) >= 11 is 6.40. The van der Waals surface area contributed by atoms with Crippen LogP contribution in [-0.4, -0.2) is 32.7 Å². The topological polar surface area (TPSA) is 57.6 Å². The van der Waals surface area contributed by atoms with Crippen LogP contribution in [0.15, 0.2) is 11.0 Å². The number of carbonyl (C=O) groups excluding carboxylic acids is 1. The van der Waals surface area contributed by atoms with Crippen LogP contribution in [0.2, 0.25) is 0 Å². The lowest BCUT2D eigenvalue weighted by Gasteiger charge is -2.13. The molecule has 1 aliphatic rings. The first-order valence-electron chi connectivity index (χ1n) is 5.39. The van der Waals surface area contributed by atoms with Gasteiger partial charge in [0.25, 0.3) is 5.91 Å². The van der Waals surface area contributed by atoms with Crippen LogP contribution in [0.3, 0.4) is 0 Å². The zero-order chi connectivity index (χ0) is 13.0. The van der Waals surface area contributed by atoms with E-state index in [1.165, 1.54) is 16.7 Å². The highest BCUT2D eigenvalue weighted by Gasteiger charge is 2.31. The van der Waals surface area contributed by atoms with E-state index in [4.69, 9.17) is 17.3 Å². The Balaban J connectivity index is 2.60. The number of carboxylic acid groups (broad SMARTS) is 1. The highest BCUT2D eigenvalue weighted by molar-refractivity contribution is 8.26. The maximum absolute atomic E-state index is 11.9. The van der Waals surface area contributed by atoms with Crippen LogP contribution in [0.4, 0.5) is 0 Å². The Bertz CT molecular complexity index is 377. The van der Waals surface area contributed by atoms with Crippen molar-refractivity contribution in [2.75, 3.05) is 6.54 Å². The maximum Gasteiger partial charge on any atom is 0.303 e. The van der Waals surface area contributed by atoms with Crippen LogP contribution < -0.4 is 0 Å². The van der Waals surface area contributed by atoms with Crippen molar-refractivity contribution in [2.45, 2.75) is 26.7 Å². The van der Waals surface area contributed by atoms with E-state index < -0.39 is 5.97 Å². The van der Waals surface area contributed by atoms with Crippen molar-refractivity contribution in [1.82, 2.24) is 4.90 Å². The van der Waals surface area contributed by atoms with E-state index >= 15 is 0 Å². The van der Waals surface area contributed by atoms with E-state index in [2.05, 4.69) is 0 Å². The third-order valence-corrected chi connectivity index (χ3v) is 3.53. The Morgan fingerprint density at radius 1 is 1.59 bits per heavy atom. The zero-order valence-electron chi connectivity index (χ0n) is 9.80. The molecule has 1 rings (SSSR count). The van der Waals surface area contributed by atoms with Gasteiger partial charge in [-0.2, -0.15) is 0 Å². The summed E-state index contributed by atoms with van der Waals surface area (Å²) in [4.78, 5) is 24.5. The number of carboxylic acids is 1. The molecule has 0 aromatic carbocycles. The van der Waals surface area contributed by atoms with E-state index in [0.717, 1.165) is 0 Å². The summed E-state index contributed by atoms with van der Waals surface area (Å²) in [5.74, 6) is -0.657. The SMILES string of the molecule is CC(C)/C=C1\SC(=S)N(CCCC(=O)O)C1=O. The minimum atomic E-state index is -0.854. The smallest absolute Gasteiger partial charge is 0.303 e. The predicted octanol–water partition coefficient (Wildman–Crippen LogP) is 2.25. The second kappa shape index (κ2) is 6.16. The Morgan fingerprint density at radius 3 is 2.76 bits per heavy atom. The normalized spacial score (nSPS) is 18.5. The number of rotatable bonds is 5. The number of amides is 1. The lowest BCUT2D eigenvalue weighted by Crippen LogP contribution is -2.29. The summed E-state index contributed by atoms with van der Waals surface area (Å²) in [6.07, 6.45) is 2.37. The van der Waals surface area contributed by atoms with Gasteiger partial charge in [0.05, 0.1) is 4.91 Å². The van der Waals surface area contributed by atoms with Crippen LogP contribution in [0.1, 0.15) is 26.7 Å². The third kappa shape index (κ3) is 4.12. The molecule has 1 N–H and O–H groups in total. The average molecular weight is 273 g/mol. The molecule has 17 heavy (non-hydrogen) atoms. The third-order valence-electron chi connectivity index (χ3n) is 2.13. The summed E-state index contributed by atoms with van der Waals surface area (Å²) in [5.41, 5.74) is 0. The molecule has 0 bridgehead atoms. The van der Waals surface area contributed by atoms with Crippen LogP contribution in [-0.2, 0) is 9.59 Å². The van der Waals surface area contributed by atoms with E-state index in [-0.39, 0.29) is 12.3 Å². The first-order valence-corrected chi connectivity index (χ1v) is 6.61. The van der Waals surface area contributed by atoms with E-state index in [1.54, 1.807) is 0 Å². The summed E-state index contributed by atoms with van der Waals surface area (Å²) in [6, 6.07) is 0. The number of thiocarbonyl (C=S) groups is 1. The fourth-order valence-corrected chi connectivity index (χ4v) is 2.85. The summed E-state index contributed by atoms with van der Waals surface area (Å²) in [7, 11) is 0. The van der Waals surface area contributed by atoms with Crippen LogP contribution >= 0.6 is 24.0 Å². The molecule has 0 saturated carbocycles. The van der Waals surface area contributed by atoms with Crippen LogP contribution in [0.5, 0.6) is 0 Å². The lowest BCUT2D eigenvalue weighted by molar-refractivity contribution is -0.137. The molecular weight excluding hydrogens is 258 g/mol. The van der Waals surface area contributed by atoms with Crippen molar-refractivity contribution < 1.29 is 14.7 Å². The minimum Gasteiger partial charge on any atom is -0.481 e. The van der Waals surface area contributed by atoms with E-state index in [1.807, 2.05) is 19.9 Å². The van der Waals surface area contributed by atoms with Gasteiger partial charge in [0.15, 0.2) is 0 Å². The van der Waals surface area contributed by atoms with Crippen molar-refractivity contribution in [3.05, 3.63) is 11.0 Å². The first kappa shape index (κ1) is 14.2. The molecule has 1 heterocycles. The summed E-state index contributed by atoms with van der Waals surface area (Å²) < 4.78 is 0.521. The van der Waals surface area contributed by atoms with Gasteiger partial charge in [-0.05, 0) is 12.3 Å². The molecule has 1 aliphatic heterocycles. The molecule has 4 nitrogen and oxygen atoms in total. The van der Waals surface area contributed by atoms with Crippen molar-refractivity contribution in [3.63, 3.8) is 0 Å². The van der Waals surface area contributed by atoms with Gasteiger partial charge in [-0.25, -0.2) is 0 Å². The van der Waals surface area contributed by atoms with E-state index in [9.17, 15) is 9.59 Å². The van der Waals surface area contributed by atoms with Gasteiger partial charge < -0.3 is 5.11 Å². The number of allylic oxidation sites excluding steroid dienone is 1. The molecule has 1 amide bonds. The standard InChI is InChI=1S/C11H15NO3S2/c1-7(2)6-8-10(15)12(11(16)17-8)5-3-4-9(13)14/h6-7H,3-5H2,1-2H3,(H,13,14)/b8-6-. The second-order valence-corrected chi connectivity index (χ2v) is 5.77. The highest BCUT2D eigenvalue weighted by atomic mass is 32.2. The Hall–Kier alpha value is -0.880. The number of nitrogens with zero attached hydrogens (tertiary/aromatic N) is 1. The number of carbonyl (C=O) groups is 2. The van der Waals surface area contributed by atoms with Crippen molar-refractivity contribution in [3.8, 4) is 0 Å². The van der Waals surface area contributed by atoms with Crippen molar-refractivity contribution in [1.29, 1.82) is 0 Å². The van der Waals surface area contributed by atoms with Crippen LogP contribution in [0, 0.1) is 5.92 Å². The second-order valence-electron chi connectivity index (χ2n) is 4.10. The largest absolute Gasteiger partial charge is 0.481 e. The molecule has 0 aromatic heterocycles. The average Bonchev–Trinajstić information content (AvgIpc) is 2.44. The highest BCUT2D eigenvalue weighted by Crippen LogP contribution is 2.31. The molecule has 0 atom stereocenters. The molecule has 94 valence electrons. The minimum absolute atomic E-state index is 0.0558. The molecule has 1 saturated heterocycles. The molecule has 0 aromatic rings. The lowest BCUT2D eigenvalue weighted by atomic mass is 10.2. The van der Waals surface area contributed by atoms with Crippen molar-refractivity contribution in [2.24, 2.45) is 5.92 Å². The number of hydrogen-bond acceptors (Lipinski definition) is 4. The molecule has 1 fully saturated rings. The van der Waals surface area contributed by atoms with Gasteiger partial charge in [-0.15, -0.1) is 0 Å². The number of thioether (sulfide) groups is 1. The summed E-state index contributed by atoms with van der Waals surface area (Å²) in [5, 5.41) is 8.54. The Kier molecular flexibility index (Phi) is 5.14. The van der Waals surface area contributed by atoms with Crippen molar-refractivity contribution >= 4 is 40.2 Å². The predicted molar refractivity (Wildman–Crippen MR) is 71.7 cm³/mol. The Morgan fingerprint density at radius 2 is 2.24 bits per heavy atom. The van der Waals surface area contributed by atoms with Gasteiger partial charge in [0, 0.05) is 13.0 Å². The molecular formula is C11H15NO3S2. The molecule has 6 heteroatoms.